The Kier molecular flexibility index (Phi) is 11.9. The molecule has 0 saturated carbocycles. The van der Waals surface area contributed by atoms with E-state index in [9.17, 15) is 19.7 Å². The lowest BCUT2D eigenvalue weighted by molar-refractivity contribution is -0.384. The van der Waals surface area contributed by atoms with Gasteiger partial charge in [-0.05, 0) is 52.2 Å². The van der Waals surface area contributed by atoms with E-state index in [0.717, 1.165) is 50.5 Å². The highest BCUT2D eigenvalue weighted by Crippen LogP contribution is 2.35. The van der Waals surface area contributed by atoms with Gasteiger partial charge in [0.1, 0.15) is 6.61 Å². The van der Waals surface area contributed by atoms with Gasteiger partial charge >= 0.3 is 0 Å². The average molecular weight is 499 g/mol. The maximum absolute atomic E-state index is 13.4. The third-order valence-electron chi connectivity index (χ3n) is 6.03. The van der Waals surface area contributed by atoms with Gasteiger partial charge in [-0.3, -0.25) is 19.7 Å². The number of nitro groups is 1. The molecular formula is C28H38N2O6. The molecule has 196 valence electrons. The Hall–Kier alpha value is -3.42. The Morgan fingerprint density at radius 3 is 2.44 bits per heavy atom. The minimum Gasteiger partial charge on any atom is -0.485 e. The van der Waals surface area contributed by atoms with Crippen LogP contribution in [0.2, 0.25) is 0 Å². The molecule has 0 bridgehead atoms. The van der Waals surface area contributed by atoms with Gasteiger partial charge in [0.15, 0.2) is 5.75 Å². The molecule has 0 amide bonds. The summed E-state index contributed by atoms with van der Waals surface area (Å²) in [7, 11) is 0. The van der Waals surface area contributed by atoms with Gasteiger partial charge in [-0.15, -0.1) is 0 Å². The van der Waals surface area contributed by atoms with E-state index in [1.54, 1.807) is 6.07 Å². The lowest BCUT2D eigenvalue weighted by Crippen LogP contribution is -2.24. The van der Waals surface area contributed by atoms with Crippen molar-refractivity contribution in [1.29, 1.82) is 0 Å². The number of aryl methyl sites for hydroxylation is 1. The van der Waals surface area contributed by atoms with E-state index in [0.29, 0.717) is 17.4 Å². The summed E-state index contributed by atoms with van der Waals surface area (Å²) in [5.74, 6) is -0.0857. The van der Waals surface area contributed by atoms with Crippen molar-refractivity contribution in [2.75, 3.05) is 6.61 Å². The number of benzene rings is 1. The monoisotopic (exact) mass is 498 g/mol. The lowest BCUT2D eigenvalue weighted by Gasteiger charge is -2.17. The van der Waals surface area contributed by atoms with Gasteiger partial charge in [-0.2, -0.15) is 0 Å². The highest BCUT2D eigenvalue weighted by atomic mass is 16.6. The number of fused-ring (bicyclic) bond motifs is 1. The quantitative estimate of drug-likeness (QED) is 0.0822. The molecule has 0 aliphatic carbocycles. The van der Waals surface area contributed by atoms with Gasteiger partial charge in [0.2, 0.25) is 5.75 Å². The maximum Gasteiger partial charge on any atom is 0.298 e. The largest absolute Gasteiger partial charge is 0.485 e. The van der Waals surface area contributed by atoms with E-state index in [1.807, 2.05) is 13.0 Å². The summed E-state index contributed by atoms with van der Waals surface area (Å²) < 4.78 is 12.5. The fourth-order valence-electron chi connectivity index (χ4n) is 4.03. The van der Waals surface area contributed by atoms with Crippen LogP contribution in [-0.2, 0) is 11.3 Å². The molecule has 0 spiro atoms. The zero-order valence-electron chi connectivity index (χ0n) is 21.9. The summed E-state index contributed by atoms with van der Waals surface area (Å²) in [6.07, 6.45) is 12.0. The molecule has 1 heterocycles. The summed E-state index contributed by atoms with van der Waals surface area (Å²) in [5, 5.41) is 11.9. The zero-order valence-corrected chi connectivity index (χ0v) is 21.9. The molecule has 8 heteroatoms. The minimum atomic E-state index is -0.539. The Bertz CT molecular complexity index is 1160. The van der Waals surface area contributed by atoms with Crippen molar-refractivity contribution >= 4 is 23.1 Å². The molecular weight excluding hydrogens is 460 g/mol. The number of carbonyl (C=O) groups excluding carboxylic acids is 1. The zero-order chi connectivity index (χ0) is 26.5. The van der Waals surface area contributed by atoms with Crippen molar-refractivity contribution in [3.63, 3.8) is 0 Å². The highest BCUT2D eigenvalue weighted by Gasteiger charge is 2.21. The van der Waals surface area contributed by atoms with Crippen molar-refractivity contribution in [3.8, 4) is 11.5 Å². The van der Waals surface area contributed by atoms with Crippen LogP contribution >= 0.6 is 0 Å². The van der Waals surface area contributed by atoms with E-state index in [-0.39, 0.29) is 30.3 Å². The van der Waals surface area contributed by atoms with Crippen molar-refractivity contribution < 1.29 is 19.2 Å². The van der Waals surface area contributed by atoms with Crippen LogP contribution in [-0.4, -0.2) is 22.6 Å². The van der Waals surface area contributed by atoms with E-state index >= 15 is 0 Å². The van der Waals surface area contributed by atoms with E-state index < -0.39 is 10.5 Å². The third-order valence-corrected chi connectivity index (χ3v) is 6.03. The number of hydrogen-bond donors (Lipinski definition) is 0. The molecule has 0 aliphatic heterocycles. The first-order valence-electron chi connectivity index (χ1n) is 12.7. The van der Waals surface area contributed by atoms with E-state index in [4.69, 9.17) is 9.47 Å². The summed E-state index contributed by atoms with van der Waals surface area (Å²) >= 11 is 0. The number of hydrogen-bond acceptors (Lipinski definition) is 6. The van der Waals surface area contributed by atoms with Gasteiger partial charge in [-0.25, -0.2) is 0 Å². The summed E-state index contributed by atoms with van der Waals surface area (Å²) in [6.45, 7) is 9.01. The molecule has 1 aromatic heterocycles. The maximum atomic E-state index is 13.4. The Morgan fingerprint density at radius 2 is 1.78 bits per heavy atom. The first kappa shape index (κ1) is 28.8. The van der Waals surface area contributed by atoms with Crippen LogP contribution in [0.4, 0.5) is 5.69 Å². The van der Waals surface area contributed by atoms with E-state index in [2.05, 4.69) is 26.8 Å². The van der Waals surface area contributed by atoms with Gasteiger partial charge in [0.05, 0.1) is 10.4 Å². The van der Waals surface area contributed by atoms with Crippen LogP contribution in [0.25, 0.3) is 10.9 Å². The van der Waals surface area contributed by atoms with Crippen molar-refractivity contribution in [3.05, 3.63) is 62.0 Å². The molecule has 2 rings (SSSR count). The standard InChI is InChI=1S/C28H38N2O6/c1-5-6-7-8-9-10-17-29-25-19-23(30(33)34)14-15-24(25)26(27(28(29)32)36-20-31)35-18-16-22(4)13-11-12-21(2)3/h12,14-16,19-20H,5-11,13,17-18H2,1-4H3. The van der Waals surface area contributed by atoms with Gasteiger partial charge in [-0.1, -0.05) is 56.3 Å². The number of unbranched alkanes of at least 4 members (excludes halogenated alkanes) is 5. The van der Waals surface area contributed by atoms with Crippen LogP contribution in [0.3, 0.4) is 0 Å². The molecule has 0 fully saturated rings. The van der Waals surface area contributed by atoms with Crippen molar-refractivity contribution in [1.82, 2.24) is 4.57 Å². The van der Waals surface area contributed by atoms with Crippen LogP contribution in [0.15, 0.2) is 46.3 Å². The first-order valence-corrected chi connectivity index (χ1v) is 12.7. The smallest absolute Gasteiger partial charge is 0.298 e. The first-order chi connectivity index (χ1) is 17.3. The summed E-state index contributed by atoms with van der Waals surface area (Å²) in [6, 6.07) is 4.29. The minimum absolute atomic E-state index is 0.115. The van der Waals surface area contributed by atoms with E-state index in [1.165, 1.54) is 28.7 Å². The number of nitrogens with zero attached hydrogens (tertiary/aromatic N) is 2. The van der Waals surface area contributed by atoms with Gasteiger partial charge < -0.3 is 14.0 Å². The van der Waals surface area contributed by atoms with Crippen LogP contribution in [0.1, 0.15) is 79.1 Å². The Labute approximate surface area is 212 Å². The third kappa shape index (κ3) is 8.36. The highest BCUT2D eigenvalue weighted by molar-refractivity contribution is 5.90. The number of non-ortho nitro benzene ring substituents is 1. The SMILES string of the molecule is CCCCCCCCn1c(=O)c(OC=O)c(OCC=C(C)CCC=C(C)C)c2ccc([N+](=O)[O-])cc21. The van der Waals surface area contributed by atoms with Crippen LogP contribution in [0, 0.1) is 10.1 Å². The number of rotatable bonds is 16. The number of aromatic nitrogens is 1. The molecule has 0 unspecified atom stereocenters. The molecule has 0 atom stereocenters. The van der Waals surface area contributed by atoms with Crippen molar-refractivity contribution in [2.45, 2.75) is 85.6 Å². The normalized spacial score (nSPS) is 11.4. The predicted octanol–water partition coefficient (Wildman–Crippen LogP) is 6.88. The Morgan fingerprint density at radius 1 is 1.06 bits per heavy atom. The fraction of sp³-hybridized carbons (Fsp3) is 0.500. The molecule has 0 aliphatic rings. The molecule has 0 N–H and O–H groups in total. The predicted molar refractivity (Wildman–Crippen MR) is 143 cm³/mol. The second kappa shape index (κ2) is 14.9. The molecule has 2 aromatic rings. The van der Waals surface area contributed by atoms with Gasteiger partial charge in [0.25, 0.3) is 17.7 Å². The van der Waals surface area contributed by atoms with Gasteiger partial charge in [0, 0.05) is 24.1 Å². The number of pyridine rings is 1. The van der Waals surface area contributed by atoms with Crippen LogP contribution in [0.5, 0.6) is 11.5 Å². The van der Waals surface area contributed by atoms with Crippen molar-refractivity contribution in [2.24, 2.45) is 0 Å². The lowest BCUT2D eigenvalue weighted by atomic mass is 10.1. The number of ether oxygens (including phenoxy) is 2. The topological polar surface area (TPSA) is 101 Å². The average Bonchev–Trinajstić information content (AvgIpc) is 2.84. The molecule has 0 radical (unpaired) electrons. The second-order valence-corrected chi connectivity index (χ2v) is 9.24. The number of allylic oxidation sites excluding steroid dienone is 3. The van der Waals surface area contributed by atoms with Crippen LogP contribution < -0.4 is 15.0 Å². The molecule has 8 nitrogen and oxygen atoms in total. The molecule has 36 heavy (non-hydrogen) atoms. The fourth-order valence-corrected chi connectivity index (χ4v) is 4.03. The molecule has 0 saturated heterocycles. The number of carbonyl (C=O) groups is 1. The second-order valence-electron chi connectivity index (χ2n) is 9.24. The summed E-state index contributed by atoms with van der Waals surface area (Å²) in [5.41, 5.74) is 2.12. The molecule has 1 aromatic carbocycles. The summed E-state index contributed by atoms with van der Waals surface area (Å²) in [4.78, 5) is 35.5. The number of nitro benzene ring substituents is 1. The Balaban J connectivity index is 2.42.